The van der Waals surface area contributed by atoms with Gasteiger partial charge in [0.15, 0.2) is 0 Å². The molecule has 3 rings (SSSR count). The summed E-state index contributed by atoms with van der Waals surface area (Å²) in [5.74, 6) is 0. The molecule has 0 saturated carbocycles. The zero-order valence-corrected chi connectivity index (χ0v) is 13.3. The first kappa shape index (κ1) is 14.3. The van der Waals surface area contributed by atoms with Crippen molar-refractivity contribution in [2.75, 3.05) is 0 Å². The number of benzene rings is 2. The highest BCUT2D eigenvalue weighted by atomic mass is 14.6. The van der Waals surface area contributed by atoms with E-state index in [1.807, 2.05) is 0 Å². The van der Waals surface area contributed by atoms with E-state index in [2.05, 4.69) is 63.2 Å². The molecule has 1 unspecified atom stereocenters. The lowest BCUT2D eigenvalue weighted by atomic mass is 9.82. The van der Waals surface area contributed by atoms with Gasteiger partial charge in [0.25, 0.3) is 0 Å². The van der Waals surface area contributed by atoms with Crippen LogP contribution in [-0.2, 0) is 11.8 Å². The summed E-state index contributed by atoms with van der Waals surface area (Å²) < 4.78 is 0. The summed E-state index contributed by atoms with van der Waals surface area (Å²) in [6.07, 6.45) is 3.36. The fourth-order valence-electron chi connectivity index (χ4n) is 3.15. The summed E-state index contributed by atoms with van der Waals surface area (Å²) >= 11 is 0. The predicted molar refractivity (Wildman–Crippen MR) is 90.4 cm³/mol. The number of hydrogen-bond acceptors (Lipinski definition) is 1. The maximum Gasteiger partial charge on any atom is 0.0300 e. The molecule has 0 aromatic heterocycles. The molecular formula is C20H25N. The van der Waals surface area contributed by atoms with Crippen LogP contribution >= 0.6 is 0 Å². The third-order valence-electron chi connectivity index (χ3n) is 5.15. The van der Waals surface area contributed by atoms with Gasteiger partial charge in [0.05, 0.1) is 0 Å². The van der Waals surface area contributed by atoms with Gasteiger partial charge >= 0.3 is 0 Å². The van der Waals surface area contributed by atoms with Crippen LogP contribution in [0.5, 0.6) is 0 Å². The highest BCUT2D eigenvalue weighted by Gasteiger charge is 2.20. The first-order valence-corrected chi connectivity index (χ1v) is 8.00. The first-order valence-electron chi connectivity index (χ1n) is 8.00. The summed E-state index contributed by atoms with van der Waals surface area (Å²) in [5.41, 5.74) is 13.2. The minimum atomic E-state index is 0.238. The van der Waals surface area contributed by atoms with E-state index >= 15 is 0 Å². The summed E-state index contributed by atoms with van der Waals surface area (Å²) in [7, 11) is 0. The molecule has 0 heterocycles. The average molecular weight is 279 g/mol. The second-order valence-corrected chi connectivity index (χ2v) is 6.87. The van der Waals surface area contributed by atoms with Crippen LogP contribution in [-0.4, -0.2) is 0 Å². The molecule has 0 amide bonds. The number of hydrogen-bond donors (Lipinski definition) is 1. The van der Waals surface area contributed by atoms with Crippen molar-refractivity contribution in [3.8, 4) is 11.1 Å². The molecule has 2 aromatic carbocycles. The van der Waals surface area contributed by atoms with Crippen LogP contribution in [0.4, 0.5) is 0 Å². The Morgan fingerprint density at radius 2 is 1.71 bits per heavy atom. The Morgan fingerprint density at radius 1 is 1.05 bits per heavy atom. The molecule has 1 aliphatic carbocycles. The Balaban J connectivity index is 1.92. The molecule has 0 spiro atoms. The molecule has 2 N–H and O–H groups in total. The Hall–Kier alpha value is -1.60. The molecule has 2 aromatic rings. The van der Waals surface area contributed by atoms with Gasteiger partial charge in [-0.05, 0) is 52.5 Å². The maximum absolute atomic E-state index is 6.12. The fourth-order valence-corrected chi connectivity index (χ4v) is 3.15. The van der Waals surface area contributed by atoms with E-state index in [-0.39, 0.29) is 11.5 Å². The van der Waals surface area contributed by atoms with Crippen LogP contribution in [0.1, 0.15) is 56.3 Å². The zero-order valence-electron chi connectivity index (χ0n) is 13.3. The lowest BCUT2D eigenvalue weighted by Gasteiger charge is -2.23. The normalized spacial score (nSPS) is 17.8. The van der Waals surface area contributed by atoms with Crippen LogP contribution < -0.4 is 5.73 Å². The second-order valence-electron chi connectivity index (χ2n) is 6.87. The van der Waals surface area contributed by atoms with Crippen LogP contribution in [0.2, 0.25) is 0 Å². The third-order valence-corrected chi connectivity index (χ3v) is 5.15. The van der Waals surface area contributed by atoms with E-state index in [1.165, 1.54) is 27.8 Å². The monoisotopic (exact) mass is 279 g/mol. The van der Waals surface area contributed by atoms with Gasteiger partial charge in [-0.1, -0.05) is 63.2 Å². The maximum atomic E-state index is 6.12. The van der Waals surface area contributed by atoms with E-state index in [4.69, 9.17) is 5.73 Å². The molecule has 1 heteroatoms. The van der Waals surface area contributed by atoms with Gasteiger partial charge in [-0.2, -0.15) is 0 Å². The van der Waals surface area contributed by atoms with E-state index in [9.17, 15) is 0 Å². The van der Waals surface area contributed by atoms with Gasteiger partial charge in [-0.25, -0.2) is 0 Å². The van der Waals surface area contributed by atoms with Crippen molar-refractivity contribution in [3.63, 3.8) is 0 Å². The van der Waals surface area contributed by atoms with Gasteiger partial charge in [-0.15, -0.1) is 0 Å². The number of fused-ring (bicyclic) bond motifs is 1. The average Bonchev–Trinajstić information content (AvgIpc) is 2.88. The third kappa shape index (κ3) is 2.63. The van der Waals surface area contributed by atoms with Crippen LogP contribution in [0, 0.1) is 0 Å². The molecule has 1 aliphatic rings. The summed E-state index contributed by atoms with van der Waals surface area (Å²) in [5, 5.41) is 0. The Bertz CT molecular complexity index is 637. The van der Waals surface area contributed by atoms with Crippen molar-refractivity contribution in [2.24, 2.45) is 5.73 Å². The molecule has 0 aliphatic heterocycles. The summed E-state index contributed by atoms with van der Waals surface area (Å²) in [6, 6.07) is 16.0. The van der Waals surface area contributed by atoms with Gasteiger partial charge in [0, 0.05) is 6.04 Å². The Labute approximate surface area is 128 Å². The van der Waals surface area contributed by atoms with E-state index in [0.717, 1.165) is 19.3 Å². The van der Waals surface area contributed by atoms with Crippen molar-refractivity contribution in [2.45, 2.75) is 51.5 Å². The van der Waals surface area contributed by atoms with Crippen molar-refractivity contribution < 1.29 is 0 Å². The van der Waals surface area contributed by atoms with Crippen molar-refractivity contribution >= 4 is 0 Å². The van der Waals surface area contributed by atoms with Gasteiger partial charge < -0.3 is 5.73 Å². The van der Waals surface area contributed by atoms with Gasteiger partial charge in [-0.3, -0.25) is 0 Å². The highest BCUT2D eigenvalue weighted by Crippen LogP contribution is 2.34. The van der Waals surface area contributed by atoms with Crippen LogP contribution in [0.15, 0.2) is 42.5 Å². The fraction of sp³-hybridized carbons (Fsp3) is 0.400. The standard InChI is InChI=1S/C20H25N/c1-4-20(2,3)17-9-5-14(6-10-17)15-7-11-18-16(13-15)8-12-19(18)21/h5-7,9-11,13,19H,4,8,12,21H2,1-3H3. The van der Waals surface area contributed by atoms with Crippen molar-refractivity contribution in [1.29, 1.82) is 0 Å². The topological polar surface area (TPSA) is 26.0 Å². The molecule has 21 heavy (non-hydrogen) atoms. The largest absolute Gasteiger partial charge is 0.324 e. The van der Waals surface area contributed by atoms with Crippen molar-refractivity contribution in [3.05, 3.63) is 59.2 Å². The lowest BCUT2D eigenvalue weighted by Crippen LogP contribution is -2.14. The number of nitrogens with two attached hydrogens (primary N) is 1. The molecule has 0 saturated heterocycles. The van der Waals surface area contributed by atoms with Crippen LogP contribution in [0.3, 0.4) is 0 Å². The quantitative estimate of drug-likeness (QED) is 0.841. The Morgan fingerprint density at radius 3 is 2.38 bits per heavy atom. The minimum absolute atomic E-state index is 0.238. The molecule has 1 atom stereocenters. The number of rotatable bonds is 3. The number of aryl methyl sites for hydroxylation is 1. The van der Waals surface area contributed by atoms with Gasteiger partial charge in [0.2, 0.25) is 0 Å². The summed E-state index contributed by atoms with van der Waals surface area (Å²) in [6.45, 7) is 6.86. The Kier molecular flexibility index (Phi) is 3.62. The first-order chi connectivity index (χ1) is 10.0. The van der Waals surface area contributed by atoms with E-state index < -0.39 is 0 Å². The molecule has 1 nitrogen and oxygen atoms in total. The van der Waals surface area contributed by atoms with Gasteiger partial charge in [0.1, 0.15) is 0 Å². The SMILES string of the molecule is CCC(C)(C)c1ccc(-c2ccc3c(c2)CCC3N)cc1. The summed E-state index contributed by atoms with van der Waals surface area (Å²) in [4.78, 5) is 0. The zero-order chi connectivity index (χ0) is 15.0. The smallest absolute Gasteiger partial charge is 0.0300 e. The minimum Gasteiger partial charge on any atom is -0.324 e. The second kappa shape index (κ2) is 5.31. The molecular weight excluding hydrogens is 254 g/mol. The highest BCUT2D eigenvalue weighted by molar-refractivity contribution is 5.66. The molecule has 110 valence electrons. The predicted octanol–water partition coefficient (Wildman–Crippen LogP) is 4.99. The van der Waals surface area contributed by atoms with E-state index in [1.54, 1.807) is 0 Å². The van der Waals surface area contributed by atoms with Crippen molar-refractivity contribution in [1.82, 2.24) is 0 Å². The lowest BCUT2D eigenvalue weighted by molar-refractivity contribution is 0.506. The molecule has 0 bridgehead atoms. The van der Waals surface area contributed by atoms with Crippen LogP contribution in [0.25, 0.3) is 11.1 Å². The molecule has 0 radical (unpaired) electrons. The van der Waals surface area contributed by atoms with E-state index in [0.29, 0.717) is 0 Å². The molecule has 0 fully saturated rings.